The fourth-order valence-electron chi connectivity index (χ4n) is 0.937. The Morgan fingerprint density at radius 1 is 1.43 bits per heavy atom. The molecule has 2 rings (SSSR count). The smallest absolute Gasteiger partial charge is 0.385 e. The van der Waals surface area contributed by atoms with Crippen LogP contribution in [-0.4, -0.2) is 19.7 Å². The van der Waals surface area contributed by atoms with E-state index in [0.29, 0.717) is 16.2 Å². The summed E-state index contributed by atoms with van der Waals surface area (Å²) in [6, 6.07) is 0. The molecule has 0 fully saturated rings. The van der Waals surface area contributed by atoms with Crippen LogP contribution < -0.4 is 5.73 Å². The molecule has 2 N–H and O–H groups in total. The Bertz CT molecular complexity index is 441. The van der Waals surface area contributed by atoms with Gasteiger partial charge in [0, 0.05) is 11.8 Å². The summed E-state index contributed by atoms with van der Waals surface area (Å²) in [6.07, 6.45) is 1.55. The molecule has 0 radical (unpaired) electrons. The van der Waals surface area contributed by atoms with Gasteiger partial charge in [0.15, 0.2) is 0 Å². The second-order valence-corrected chi connectivity index (χ2v) is 2.61. The van der Waals surface area contributed by atoms with Crippen LogP contribution in [0.3, 0.4) is 0 Å². The molecule has 0 aliphatic rings. The first-order valence-electron chi connectivity index (χ1n) is 3.16. The largest absolute Gasteiger partial charge is 3.00 e. The molecule has 0 amide bonds. The number of rotatable bonds is 0. The first-order chi connectivity index (χ1) is 5.68. The minimum Gasteiger partial charge on any atom is -0.385 e. The monoisotopic (exact) mass is 286 g/mol. The molecule has 2 heterocycles. The molecule has 0 saturated heterocycles. The number of hydrogen-bond donors (Lipinski definition) is 1. The molecule has 5 nitrogen and oxygen atoms in total. The number of hydrogen-bond acceptors (Lipinski definition) is 4. The van der Waals surface area contributed by atoms with Gasteiger partial charge in [-0.05, 0) is 5.39 Å². The van der Waals surface area contributed by atoms with Crippen molar-refractivity contribution in [3.8, 4) is 0 Å². The van der Waals surface area contributed by atoms with Crippen LogP contribution in [0.5, 0.6) is 0 Å². The third-order valence-corrected chi connectivity index (χ3v) is 1.76. The van der Waals surface area contributed by atoms with E-state index in [9.17, 15) is 0 Å². The van der Waals surface area contributed by atoms with E-state index in [0.717, 1.165) is 0 Å². The predicted octanol–water partition coefficient (Wildman–Crippen LogP) is 1.15. The SMILES string of the molecule is [CH2-]n1ncc2c(Cl)nc(N)nc21.[CH3-].[Y+3]. The van der Waals surface area contributed by atoms with E-state index in [1.165, 1.54) is 4.68 Å². The van der Waals surface area contributed by atoms with Crippen LogP contribution in [0.2, 0.25) is 5.15 Å². The molecule has 0 spiro atoms. The fraction of sp³-hybridized carbons (Fsp3) is 0. The number of halogens is 1. The van der Waals surface area contributed by atoms with E-state index in [2.05, 4.69) is 22.1 Å². The van der Waals surface area contributed by atoms with Crippen molar-refractivity contribution in [3.63, 3.8) is 0 Å². The van der Waals surface area contributed by atoms with Gasteiger partial charge in [0.05, 0.1) is 0 Å². The van der Waals surface area contributed by atoms with Gasteiger partial charge in [-0.25, -0.2) is 10.1 Å². The Balaban J connectivity index is 0.000000845. The van der Waals surface area contributed by atoms with Crippen LogP contribution in [0.15, 0.2) is 6.20 Å². The topological polar surface area (TPSA) is 69.6 Å². The summed E-state index contributed by atoms with van der Waals surface area (Å²) in [6.45, 7) is 0. The Labute approximate surface area is 112 Å². The second kappa shape index (κ2) is 4.91. The van der Waals surface area contributed by atoms with Crippen LogP contribution in [0.1, 0.15) is 0 Å². The molecular formula is C7H8ClN5Y+. The van der Waals surface area contributed by atoms with Crippen molar-refractivity contribution in [2.24, 2.45) is 0 Å². The zero-order valence-corrected chi connectivity index (χ0v) is 11.2. The number of fused-ring (bicyclic) bond motifs is 1. The molecule has 0 aromatic carbocycles. The maximum atomic E-state index is 5.76. The summed E-state index contributed by atoms with van der Waals surface area (Å²) in [5, 5.41) is 4.81. The van der Waals surface area contributed by atoms with Crippen molar-refractivity contribution in [1.82, 2.24) is 19.7 Å². The number of nitrogens with zero attached hydrogens (tertiary/aromatic N) is 4. The summed E-state index contributed by atoms with van der Waals surface area (Å²) in [5.74, 6) is 0.123. The van der Waals surface area contributed by atoms with Gasteiger partial charge in [-0.2, -0.15) is 7.05 Å². The van der Waals surface area contributed by atoms with Crippen molar-refractivity contribution in [3.05, 3.63) is 25.8 Å². The molecule has 0 bridgehead atoms. The van der Waals surface area contributed by atoms with E-state index >= 15 is 0 Å². The summed E-state index contributed by atoms with van der Waals surface area (Å²) in [4.78, 5) is 7.68. The van der Waals surface area contributed by atoms with Gasteiger partial charge in [-0.15, -0.1) is 0 Å². The zero-order chi connectivity index (χ0) is 8.72. The van der Waals surface area contributed by atoms with Crippen molar-refractivity contribution < 1.29 is 32.7 Å². The van der Waals surface area contributed by atoms with Gasteiger partial charge in [0.2, 0.25) is 5.95 Å². The van der Waals surface area contributed by atoms with Crippen LogP contribution >= 0.6 is 11.6 Å². The van der Waals surface area contributed by atoms with Crippen LogP contribution in [0.4, 0.5) is 5.95 Å². The van der Waals surface area contributed by atoms with E-state index < -0.39 is 0 Å². The van der Waals surface area contributed by atoms with E-state index in [4.69, 9.17) is 17.3 Å². The molecule has 2 aromatic rings. The summed E-state index contributed by atoms with van der Waals surface area (Å²) < 4.78 is 1.35. The first-order valence-corrected chi connectivity index (χ1v) is 3.54. The Morgan fingerprint density at radius 2 is 2.07 bits per heavy atom. The summed E-state index contributed by atoms with van der Waals surface area (Å²) >= 11 is 5.76. The third kappa shape index (κ3) is 2.16. The van der Waals surface area contributed by atoms with Gasteiger partial charge in [0.25, 0.3) is 0 Å². The van der Waals surface area contributed by atoms with Crippen LogP contribution in [0.25, 0.3) is 11.0 Å². The minimum atomic E-state index is 0. The molecular weight excluding hydrogens is 278 g/mol. The average molecular weight is 287 g/mol. The van der Waals surface area contributed by atoms with E-state index in [-0.39, 0.29) is 46.1 Å². The summed E-state index contributed by atoms with van der Waals surface area (Å²) in [5.41, 5.74) is 5.91. The molecule has 0 atom stereocenters. The van der Waals surface area contributed by atoms with Crippen LogP contribution in [0, 0.1) is 14.5 Å². The maximum Gasteiger partial charge on any atom is 3.00 e. The van der Waals surface area contributed by atoms with Crippen LogP contribution in [-0.2, 0) is 32.7 Å². The predicted molar refractivity (Wildman–Crippen MR) is 51.9 cm³/mol. The normalized spacial score (nSPS) is 9.21. The van der Waals surface area contributed by atoms with Gasteiger partial charge >= 0.3 is 32.7 Å². The molecule has 2 aromatic heterocycles. The number of anilines is 1. The van der Waals surface area contributed by atoms with Crippen molar-refractivity contribution in [2.75, 3.05) is 5.73 Å². The standard InChI is InChI=1S/C6H5ClN5.CH3.Y/c1-12-5-3(2-9-12)4(7)10-6(8)11-5;;/h2H,1H2,(H2,8,10,11);1H3;/q2*-1;+3. The Morgan fingerprint density at radius 3 is 2.71 bits per heavy atom. The summed E-state index contributed by atoms with van der Waals surface area (Å²) in [7, 11) is 3.59. The van der Waals surface area contributed by atoms with Gasteiger partial charge in [0.1, 0.15) is 5.15 Å². The number of nitrogen functional groups attached to an aromatic ring is 1. The third-order valence-electron chi connectivity index (χ3n) is 1.47. The maximum absolute atomic E-state index is 5.76. The van der Waals surface area contributed by atoms with E-state index in [1.54, 1.807) is 6.20 Å². The first kappa shape index (κ1) is 13.6. The van der Waals surface area contributed by atoms with Gasteiger partial charge in [-0.1, -0.05) is 11.6 Å². The van der Waals surface area contributed by atoms with Crippen molar-refractivity contribution >= 4 is 28.6 Å². The molecule has 0 aliphatic heterocycles. The second-order valence-electron chi connectivity index (χ2n) is 2.25. The molecule has 7 heteroatoms. The minimum absolute atomic E-state index is 0. The Kier molecular flexibility index (Phi) is 4.78. The van der Waals surface area contributed by atoms with Gasteiger partial charge < -0.3 is 17.8 Å². The average Bonchev–Trinajstić information content (AvgIpc) is 2.33. The number of nitrogens with two attached hydrogens (primary N) is 1. The van der Waals surface area contributed by atoms with Crippen molar-refractivity contribution in [1.29, 1.82) is 0 Å². The quantitative estimate of drug-likeness (QED) is 0.582. The van der Waals surface area contributed by atoms with Gasteiger partial charge in [-0.3, -0.25) is 4.98 Å². The van der Waals surface area contributed by atoms with Crippen molar-refractivity contribution in [2.45, 2.75) is 0 Å². The molecule has 0 saturated carbocycles. The Hall–Kier alpha value is -0.386. The van der Waals surface area contributed by atoms with E-state index in [1.807, 2.05) is 0 Å². The fourth-order valence-corrected chi connectivity index (χ4v) is 1.16. The molecule has 0 unspecified atom stereocenters. The number of aromatic nitrogens is 4. The zero-order valence-electron chi connectivity index (χ0n) is 7.61. The molecule has 0 aliphatic carbocycles. The molecule has 14 heavy (non-hydrogen) atoms. The molecule has 70 valence electrons.